The second kappa shape index (κ2) is 11.4. The Hall–Kier alpha value is -2.20. The number of carboxylic acids is 1. The highest BCUT2D eigenvalue weighted by atomic mass is 16.5. The van der Waals surface area contributed by atoms with E-state index < -0.39 is 29.9 Å². The predicted molar refractivity (Wildman–Crippen MR) is 81.2 cm³/mol. The Morgan fingerprint density at radius 1 is 0.833 bits per heavy atom. The van der Waals surface area contributed by atoms with E-state index in [1.165, 1.54) is 31.1 Å². The Balaban J connectivity index is 5.00. The third-order valence-corrected chi connectivity index (χ3v) is 3.20. The van der Waals surface area contributed by atoms with Crippen molar-refractivity contribution in [3.63, 3.8) is 0 Å². The summed E-state index contributed by atoms with van der Waals surface area (Å²) in [6, 6.07) is -0.424. The average molecular weight is 348 g/mol. The van der Waals surface area contributed by atoms with Gasteiger partial charge in [-0.3, -0.25) is 29.0 Å². The minimum Gasteiger partial charge on any atom is -0.480 e. The van der Waals surface area contributed by atoms with Crippen molar-refractivity contribution in [1.82, 2.24) is 9.80 Å². The molecule has 0 radical (unpaired) electrons. The van der Waals surface area contributed by atoms with Gasteiger partial charge in [-0.25, -0.2) is 0 Å². The van der Waals surface area contributed by atoms with E-state index in [1.54, 1.807) is 6.92 Å². The average Bonchev–Trinajstić information content (AvgIpc) is 2.52. The van der Waals surface area contributed by atoms with Gasteiger partial charge in [-0.15, -0.1) is 0 Å². The molecule has 0 aromatic carbocycles. The van der Waals surface area contributed by atoms with Crippen LogP contribution in [0.3, 0.4) is 0 Å². The number of carbonyl (C=O) groups excluding carboxylic acids is 3. The van der Waals surface area contributed by atoms with Crippen LogP contribution >= 0.6 is 0 Å². The molecule has 138 valence electrons. The van der Waals surface area contributed by atoms with Gasteiger partial charge in [0.05, 0.1) is 47.5 Å². The van der Waals surface area contributed by atoms with Crippen LogP contribution in [0.4, 0.5) is 0 Å². The number of hydrogen-bond donors (Lipinski definition) is 1. The molecule has 0 aromatic heterocycles. The largest absolute Gasteiger partial charge is 0.480 e. The molecule has 0 aliphatic carbocycles. The first-order valence-corrected chi connectivity index (χ1v) is 7.12. The SMILES string of the molecule is COC(=O)CN(CC(=O)O)C[C@H](C)N(CC(=O)OC)CC(=O)OC. The van der Waals surface area contributed by atoms with Crippen LogP contribution in [0.2, 0.25) is 0 Å². The Labute approximate surface area is 140 Å². The summed E-state index contributed by atoms with van der Waals surface area (Å²) in [7, 11) is 3.64. The van der Waals surface area contributed by atoms with Crippen LogP contribution in [-0.4, -0.2) is 98.9 Å². The van der Waals surface area contributed by atoms with Gasteiger partial charge in [0.2, 0.25) is 0 Å². The van der Waals surface area contributed by atoms with Gasteiger partial charge in [-0.2, -0.15) is 0 Å². The van der Waals surface area contributed by atoms with Crippen LogP contribution in [0.1, 0.15) is 6.92 Å². The Morgan fingerprint density at radius 3 is 1.62 bits per heavy atom. The summed E-state index contributed by atoms with van der Waals surface area (Å²) in [5.74, 6) is -2.80. The first-order chi connectivity index (χ1) is 11.2. The number of aliphatic carboxylic acids is 1. The molecule has 0 saturated carbocycles. The van der Waals surface area contributed by atoms with Crippen molar-refractivity contribution in [2.45, 2.75) is 13.0 Å². The topological polar surface area (TPSA) is 123 Å². The maximum absolute atomic E-state index is 11.5. The number of carboxylic acid groups (broad SMARTS) is 1. The fourth-order valence-corrected chi connectivity index (χ4v) is 1.94. The molecule has 0 aliphatic rings. The molecule has 10 heteroatoms. The number of rotatable bonds is 11. The second-order valence-electron chi connectivity index (χ2n) is 5.05. The van der Waals surface area contributed by atoms with Crippen molar-refractivity contribution < 1.29 is 38.5 Å². The standard InChI is InChI=1S/C14H24N2O8/c1-10(5-15(6-11(17)18)7-12(19)22-2)16(8-13(20)23-3)9-14(21)24-4/h10H,5-9H2,1-4H3,(H,17,18)/t10-/m0/s1. The monoisotopic (exact) mass is 348 g/mol. The van der Waals surface area contributed by atoms with E-state index in [0.29, 0.717) is 0 Å². The van der Waals surface area contributed by atoms with E-state index in [9.17, 15) is 19.2 Å². The third kappa shape index (κ3) is 9.06. The van der Waals surface area contributed by atoms with Gasteiger partial charge < -0.3 is 19.3 Å². The van der Waals surface area contributed by atoms with E-state index in [-0.39, 0.29) is 32.7 Å². The number of esters is 3. The van der Waals surface area contributed by atoms with Crippen molar-refractivity contribution in [1.29, 1.82) is 0 Å². The predicted octanol–water partition coefficient (Wildman–Crippen LogP) is -1.42. The van der Waals surface area contributed by atoms with Gasteiger partial charge in [-0.05, 0) is 6.92 Å². The summed E-state index contributed by atoms with van der Waals surface area (Å²) in [6.45, 7) is 0.854. The molecule has 0 aromatic rings. The summed E-state index contributed by atoms with van der Waals surface area (Å²) in [5.41, 5.74) is 0. The van der Waals surface area contributed by atoms with E-state index >= 15 is 0 Å². The molecule has 0 bridgehead atoms. The minimum atomic E-state index is -1.11. The fraction of sp³-hybridized carbons (Fsp3) is 0.714. The van der Waals surface area contributed by atoms with Gasteiger partial charge in [-0.1, -0.05) is 0 Å². The fourth-order valence-electron chi connectivity index (χ4n) is 1.94. The Morgan fingerprint density at radius 2 is 1.25 bits per heavy atom. The van der Waals surface area contributed by atoms with Gasteiger partial charge >= 0.3 is 23.9 Å². The highest BCUT2D eigenvalue weighted by Gasteiger charge is 2.25. The van der Waals surface area contributed by atoms with Crippen molar-refractivity contribution in [3.05, 3.63) is 0 Å². The van der Waals surface area contributed by atoms with E-state index in [0.717, 1.165) is 0 Å². The lowest BCUT2D eigenvalue weighted by Crippen LogP contribution is -2.49. The molecule has 0 rings (SSSR count). The van der Waals surface area contributed by atoms with E-state index in [2.05, 4.69) is 14.2 Å². The van der Waals surface area contributed by atoms with Crippen molar-refractivity contribution in [3.8, 4) is 0 Å². The second-order valence-corrected chi connectivity index (χ2v) is 5.05. The lowest BCUT2D eigenvalue weighted by Gasteiger charge is -2.31. The summed E-state index contributed by atoms with van der Waals surface area (Å²) in [6.07, 6.45) is 0. The number of hydrogen-bond acceptors (Lipinski definition) is 9. The van der Waals surface area contributed by atoms with E-state index in [1.807, 2.05) is 0 Å². The first kappa shape index (κ1) is 21.8. The molecule has 24 heavy (non-hydrogen) atoms. The zero-order valence-corrected chi connectivity index (χ0v) is 14.3. The van der Waals surface area contributed by atoms with Crippen LogP contribution in [-0.2, 0) is 33.4 Å². The summed E-state index contributed by atoms with van der Waals surface area (Å²) in [5, 5.41) is 8.93. The first-order valence-electron chi connectivity index (χ1n) is 7.12. The maximum atomic E-state index is 11.5. The molecular formula is C14H24N2O8. The van der Waals surface area contributed by atoms with Gasteiger partial charge in [0, 0.05) is 12.6 Å². The van der Waals surface area contributed by atoms with Crippen LogP contribution < -0.4 is 0 Å². The lowest BCUT2D eigenvalue weighted by molar-refractivity contribution is -0.149. The number of ether oxygens (including phenoxy) is 3. The van der Waals surface area contributed by atoms with Gasteiger partial charge in [0.25, 0.3) is 0 Å². The molecule has 10 nitrogen and oxygen atoms in total. The lowest BCUT2D eigenvalue weighted by atomic mass is 10.2. The Kier molecular flexibility index (Phi) is 10.3. The molecule has 0 unspecified atom stereocenters. The van der Waals surface area contributed by atoms with Crippen molar-refractivity contribution in [2.24, 2.45) is 0 Å². The van der Waals surface area contributed by atoms with Crippen LogP contribution in [0, 0.1) is 0 Å². The third-order valence-electron chi connectivity index (χ3n) is 3.20. The number of methoxy groups -OCH3 is 3. The molecule has 0 amide bonds. The molecule has 0 aliphatic heterocycles. The smallest absolute Gasteiger partial charge is 0.319 e. The highest BCUT2D eigenvalue weighted by Crippen LogP contribution is 2.04. The molecule has 0 saturated heterocycles. The van der Waals surface area contributed by atoms with Gasteiger partial charge in [0.1, 0.15) is 0 Å². The molecular weight excluding hydrogens is 324 g/mol. The summed E-state index contributed by atoms with van der Waals surface area (Å²) >= 11 is 0. The van der Waals surface area contributed by atoms with Crippen molar-refractivity contribution in [2.75, 3.05) is 54.1 Å². The molecule has 0 heterocycles. The number of nitrogens with zero attached hydrogens (tertiary/aromatic N) is 2. The summed E-state index contributed by atoms with van der Waals surface area (Å²) < 4.78 is 13.7. The zero-order chi connectivity index (χ0) is 18.7. The van der Waals surface area contributed by atoms with Crippen LogP contribution in [0.5, 0.6) is 0 Å². The molecule has 0 spiro atoms. The van der Waals surface area contributed by atoms with Crippen LogP contribution in [0.15, 0.2) is 0 Å². The maximum Gasteiger partial charge on any atom is 0.319 e. The minimum absolute atomic E-state index is 0.120. The quantitative estimate of drug-likeness (QED) is 0.351. The van der Waals surface area contributed by atoms with Crippen LogP contribution in [0.25, 0.3) is 0 Å². The Bertz CT molecular complexity index is 436. The molecule has 0 fully saturated rings. The zero-order valence-electron chi connectivity index (χ0n) is 14.3. The van der Waals surface area contributed by atoms with E-state index in [4.69, 9.17) is 5.11 Å². The molecule has 1 atom stereocenters. The van der Waals surface area contributed by atoms with Gasteiger partial charge in [0.15, 0.2) is 0 Å². The number of carbonyl (C=O) groups is 4. The van der Waals surface area contributed by atoms with Crippen molar-refractivity contribution >= 4 is 23.9 Å². The normalized spacial score (nSPS) is 11.9. The highest BCUT2D eigenvalue weighted by molar-refractivity contribution is 5.75. The summed E-state index contributed by atoms with van der Waals surface area (Å²) in [4.78, 5) is 48.1. The molecule has 1 N–H and O–H groups in total.